The second-order valence-corrected chi connectivity index (χ2v) is 7.64. The zero-order valence-corrected chi connectivity index (χ0v) is 16.1. The number of aromatic nitrogens is 3. The summed E-state index contributed by atoms with van der Waals surface area (Å²) in [6, 6.07) is 6.88. The second kappa shape index (κ2) is 7.79. The number of Topliss-reactive ketones (excluding diaryl/α,β-unsaturated/α-hetero) is 1. The van der Waals surface area contributed by atoms with E-state index in [4.69, 9.17) is 0 Å². The molecule has 0 aliphatic rings. The van der Waals surface area contributed by atoms with Crippen molar-refractivity contribution >= 4 is 56.0 Å². The number of nitrogens with zero attached hydrogens (tertiary/aromatic N) is 4. The smallest absolute Gasteiger partial charge is 0.234 e. The summed E-state index contributed by atoms with van der Waals surface area (Å²) in [5.74, 6) is -0.00781. The normalized spacial score (nSPS) is 10.7. The number of fused-ring (bicyclic) bond motifs is 1. The molecule has 7 nitrogen and oxygen atoms in total. The highest BCUT2D eigenvalue weighted by molar-refractivity contribution is 8.00. The number of nitrogens with one attached hydrogen (secondary N) is 1. The molecule has 0 aliphatic carbocycles. The maximum Gasteiger partial charge on any atom is 0.234 e. The third-order valence-electron chi connectivity index (χ3n) is 3.42. The van der Waals surface area contributed by atoms with Crippen LogP contribution < -0.4 is 10.2 Å². The molecule has 0 saturated carbocycles. The van der Waals surface area contributed by atoms with E-state index in [9.17, 15) is 9.59 Å². The van der Waals surface area contributed by atoms with E-state index in [1.807, 2.05) is 19.0 Å². The summed E-state index contributed by atoms with van der Waals surface area (Å²) in [6.45, 7) is 1.49. The van der Waals surface area contributed by atoms with Crippen molar-refractivity contribution in [2.24, 2.45) is 0 Å². The Labute approximate surface area is 158 Å². The van der Waals surface area contributed by atoms with E-state index >= 15 is 0 Å². The molecule has 0 aliphatic heterocycles. The van der Waals surface area contributed by atoms with Gasteiger partial charge in [-0.25, -0.2) is 9.97 Å². The Balaban J connectivity index is 1.69. The zero-order chi connectivity index (χ0) is 18.7. The van der Waals surface area contributed by atoms with E-state index in [2.05, 4.69) is 20.3 Å². The number of ketones is 1. The summed E-state index contributed by atoms with van der Waals surface area (Å²) in [7, 11) is 3.83. The van der Waals surface area contributed by atoms with Gasteiger partial charge in [0.15, 0.2) is 16.6 Å². The number of rotatable bonds is 6. The third kappa shape index (κ3) is 4.17. The van der Waals surface area contributed by atoms with Crippen LogP contribution in [0.2, 0.25) is 0 Å². The summed E-state index contributed by atoms with van der Waals surface area (Å²) in [5.41, 5.74) is 1.79. The first-order chi connectivity index (χ1) is 12.4. The third-order valence-corrected chi connectivity index (χ3v) is 5.76. The van der Waals surface area contributed by atoms with Crippen molar-refractivity contribution in [3.8, 4) is 0 Å². The van der Waals surface area contributed by atoms with Gasteiger partial charge in [0.1, 0.15) is 16.1 Å². The van der Waals surface area contributed by atoms with E-state index in [1.54, 1.807) is 24.3 Å². The first-order valence-electron chi connectivity index (χ1n) is 7.76. The van der Waals surface area contributed by atoms with Gasteiger partial charge in [-0.15, -0.1) is 0 Å². The first-order valence-corrected chi connectivity index (χ1v) is 9.57. The standard InChI is InChI=1S/C17H17N5O2S2/c1-10(23)11-5-4-6-12(7-11)20-13(24)8-25-16-14-15(18-9-19-16)21-17(26-14)22(2)3/h4-7,9H,8H2,1-3H3,(H,20,24). The molecule has 1 aromatic carbocycles. The summed E-state index contributed by atoms with van der Waals surface area (Å²) in [6.07, 6.45) is 1.46. The molecule has 2 aromatic heterocycles. The first kappa shape index (κ1) is 18.3. The molecule has 0 unspecified atom stereocenters. The highest BCUT2D eigenvalue weighted by Gasteiger charge is 2.14. The van der Waals surface area contributed by atoms with Crippen LogP contribution in [0.5, 0.6) is 0 Å². The molecular formula is C17H17N5O2S2. The van der Waals surface area contributed by atoms with Gasteiger partial charge in [0, 0.05) is 25.3 Å². The lowest BCUT2D eigenvalue weighted by Gasteiger charge is -2.06. The summed E-state index contributed by atoms with van der Waals surface area (Å²) < 4.78 is 0.868. The fourth-order valence-electron chi connectivity index (χ4n) is 2.16. The predicted molar refractivity (Wildman–Crippen MR) is 105 cm³/mol. The SMILES string of the molecule is CC(=O)c1cccc(NC(=O)CSc2ncnc3nc(N(C)C)sc23)c1. The molecule has 0 spiro atoms. The van der Waals surface area contributed by atoms with Crippen LogP contribution in [0.25, 0.3) is 10.3 Å². The number of benzene rings is 1. The summed E-state index contributed by atoms with van der Waals surface area (Å²) in [5, 5.41) is 4.37. The molecule has 26 heavy (non-hydrogen) atoms. The Bertz CT molecular complexity index is 971. The Kier molecular flexibility index (Phi) is 5.48. The van der Waals surface area contributed by atoms with E-state index < -0.39 is 0 Å². The molecule has 2 heterocycles. The Morgan fingerprint density at radius 2 is 2.08 bits per heavy atom. The average Bonchev–Trinajstić information content (AvgIpc) is 3.05. The van der Waals surface area contributed by atoms with Gasteiger partial charge in [0.05, 0.1) is 5.75 Å². The van der Waals surface area contributed by atoms with Gasteiger partial charge in [0.25, 0.3) is 0 Å². The molecule has 0 atom stereocenters. The van der Waals surface area contributed by atoms with Gasteiger partial charge >= 0.3 is 0 Å². The predicted octanol–water partition coefficient (Wildman–Crippen LogP) is 3.09. The molecule has 1 N–H and O–H groups in total. The molecule has 0 fully saturated rings. The Morgan fingerprint density at radius 3 is 2.81 bits per heavy atom. The minimum absolute atomic E-state index is 0.0410. The van der Waals surface area contributed by atoms with Crippen LogP contribution in [0.4, 0.5) is 10.8 Å². The van der Waals surface area contributed by atoms with Crippen LogP contribution >= 0.6 is 23.1 Å². The van der Waals surface area contributed by atoms with Crippen LogP contribution in [0, 0.1) is 0 Å². The van der Waals surface area contributed by atoms with Gasteiger partial charge in [-0.3, -0.25) is 9.59 Å². The molecule has 9 heteroatoms. The number of thioether (sulfide) groups is 1. The van der Waals surface area contributed by atoms with E-state index in [0.29, 0.717) is 16.9 Å². The van der Waals surface area contributed by atoms with Crippen LogP contribution in [-0.4, -0.2) is 46.5 Å². The minimum atomic E-state index is -0.167. The van der Waals surface area contributed by atoms with Crippen molar-refractivity contribution in [2.45, 2.75) is 11.9 Å². The van der Waals surface area contributed by atoms with Crippen LogP contribution in [0.1, 0.15) is 17.3 Å². The average molecular weight is 387 g/mol. The van der Waals surface area contributed by atoms with Crippen molar-refractivity contribution in [2.75, 3.05) is 30.1 Å². The van der Waals surface area contributed by atoms with E-state index in [-0.39, 0.29) is 17.4 Å². The molecular weight excluding hydrogens is 370 g/mol. The van der Waals surface area contributed by atoms with Gasteiger partial charge in [-0.2, -0.15) is 4.98 Å². The van der Waals surface area contributed by atoms with Gasteiger partial charge in [0.2, 0.25) is 5.91 Å². The van der Waals surface area contributed by atoms with Gasteiger partial charge in [-0.05, 0) is 19.1 Å². The Hall–Kier alpha value is -2.52. The topological polar surface area (TPSA) is 88.1 Å². The lowest BCUT2D eigenvalue weighted by atomic mass is 10.1. The fourth-order valence-corrected chi connectivity index (χ4v) is 3.98. The molecule has 134 valence electrons. The number of hydrogen-bond acceptors (Lipinski definition) is 8. The maximum atomic E-state index is 12.2. The summed E-state index contributed by atoms with van der Waals surface area (Å²) >= 11 is 2.83. The number of anilines is 2. The number of thiazole rings is 1. The largest absolute Gasteiger partial charge is 0.354 e. The molecule has 0 saturated heterocycles. The number of amides is 1. The number of hydrogen-bond donors (Lipinski definition) is 1. The molecule has 0 bridgehead atoms. The van der Waals surface area contributed by atoms with E-state index in [1.165, 1.54) is 36.3 Å². The van der Waals surface area contributed by atoms with Crippen LogP contribution in [0.3, 0.4) is 0 Å². The van der Waals surface area contributed by atoms with Crippen molar-refractivity contribution in [1.29, 1.82) is 0 Å². The van der Waals surface area contributed by atoms with Gasteiger partial charge < -0.3 is 10.2 Å². The van der Waals surface area contributed by atoms with Gasteiger partial charge in [-0.1, -0.05) is 35.2 Å². The summed E-state index contributed by atoms with van der Waals surface area (Å²) in [4.78, 5) is 38.5. The zero-order valence-electron chi connectivity index (χ0n) is 14.5. The number of carbonyl (C=O) groups is 2. The number of carbonyl (C=O) groups excluding carboxylic acids is 2. The fraction of sp³-hybridized carbons (Fsp3) is 0.235. The van der Waals surface area contributed by atoms with Crippen LogP contribution in [-0.2, 0) is 4.79 Å². The molecule has 1 amide bonds. The highest BCUT2D eigenvalue weighted by atomic mass is 32.2. The molecule has 3 aromatic rings. The lowest BCUT2D eigenvalue weighted by molar-refractivity contribution is -0.113. The molecule has 0 radical (unpaired) electrons. The monoisotopic (exact) mass is 387 g/mol. The highest BCUT2D eigenvalue weighted by Crippen LogP contribution is 2.32. The van der Waals surface area contributed by atoms with Crippen molar-refractivity contribution in [3.63, 3.8) is 0 Å². The quantitative estimate of drug-likeness (QED) is 0.395. The Morgan fingerprint density at radius 1 is 1.27 bits per heavy atom. The van der Waals surface area contributed by atoms with Crippen molar-refractivity contribution in [3.05, 3.63) is 36.2 Å². The second-order valence-electron chi connectivity index (χ2n) is 5.70. The minimum Gasteiger partial charge on any atom is -0.354 e. The lowest BCUT2D eigenvalue weighted by Crippen LogP contribution is -2.14. The van der Waals surface area contributed by atoms with E-state index in [0.717, 1.165) is 14.9 Å². The van der Waals surface area contributed by atoms with Crippen LogP contribution in [0.15, 0.2) is 35.6 Å². The van der Waals surface area contributed by atoms with Crippen molar-refractivity contribution < 1.29 is 9.59 Å². The van der Waals surface area contributed by atoms with Crippen molar-refractivity contribution in [1.82, 2.24) is 15.0 Å². The maximum absolute atomic E-state index is 12.2. The molecule has 3 rings (SSSR count).